The normalized spacial score (nSPS) is 20.6. The monoisotopic (exact) mass is 378 g/mol. The molecule has 10 heteroatoms. The van der Waals surface area contributed by atoms with Crippen molar-refractivity contribution in [2.45, 2.75) is 45.7 Å². The third-order valence-corrected chi connectivity index (χ3v) is 6.94. The molecule has 1 aliphatic heterocycles. The quantitative estimate of drug-likeness (QED) is 0.240. The van der Waals surface area contributed by atoms with Crippen molar-refractivity contribution in [2.24, 2.45) is 5.92 Å². The van der Waals surface area contributed by atoms with Crippen LogP contribution in [0, 0.1) is 5.92 Å². The Kier molecular flexibility index (Phi) is 10.2. The van der Waals surface area contributed by atoms with Gasteiger partial charge in [-0.05, 0) is 33.6 Å². The molecule has 3 N–H and O–H groups in total. The largest absolute Gasteiger partial charge is 0.500 e. The topological polar surface area (TPSA) is 115 Å². The first-order valence-corrected chi connectivity index (χ1v) is 10.7. The van der Waals surface area contributed by atoms with E-state index in [-0.39, 0.29) is 6.42 Å². The van der Waals surface area contributed by atoms with E-state index in [0.29, 0.717) is 45.4 Å². The molecule has 1 aliphatic rings. The van der Waals surface area contributed by atoms with Gasteiger partial charge in [-0.25, -0.2) is 0 Å². The van der Waals surface area contributed by atoms with Gasteiger partial charge in [0.2, 0.25) is 0 Å². The van der Waals surface area contributed by atoms with E-state index in [0.717, 1.165) is 0 Å². The molecule has 25 heavy (non-hydrogen) atoms. The molecule has 0 spiro atoms. The highest BCUT2D eigenvalue weighted by atomic mass is 28.4. The van der Waals surface area contributed by atoms with Crippen molar-refractivity contribution in [3.8, 4) is 0 Å². The fraction of sp³-hybridized carbons (Fsp3) is 0.867. The summed E-state index contributed by atoms with van der Waals surface area (Å²) in [5.74, 6) is -1.84. The van der Waals surface area contributed by atoms with Gasteiger partial charge in [0.15, 0.2) is 0 Å². The van der Waals surface area contributed by atoms with Gasteiger partial charge in [0.25, 0.3) is 0 Å². The number of rotatable bonds is 13. The fourth-order valence-electron chi connectivity index (χ4n) is 2.69. The van der Waals surface area contributed by atoms with Crippen molar-refractivity contribution in [1.82, 2.24) is 10.8 Å². The van der Waals surface area contributed by atoms with E-state index < -0.39 is 32.7 Å². The van der Waals surface area contributed by atoms with Crippen LogP contribution in [0.2, 0.25) is 6.04 Å². The zero-order valence-corrected chi connectivity index (χ0v) is 16.2. The SMILES string of the molecule is CCO[Si](CCCNOC(=O)[C@H]1CN[C@H](C(=O)O)C1)(OCC)OCC. The molecule has 0 aliphatic carbocycles. The molecule has 146 valence electrons. The molecule has 0 saturated carbocycles. The van der Waals surface area contributed by atoms with E-state index in [9.17, 15) is 9.59 Å². The molecule has 0 radical (unpaired) electrons. The van der Waals surface area contributed by atoms with Crippen LogP contribution in [-0.2, 0) is 27.7 Å². The number of carboxylic acid groups (broad SMARTS) is 1. The standard InChI is InChI=1S/C15H30N2O7Si/c1-4-21-25(22-5-2,23-6-3)9-7-8-17-24-15(20)12-10-13(14(18)19)16-11-12/h12-13,16-17H,4-11H2,1-3H3,(H,18,19)/t12-,13+/m1/s1. The zero-order valence-electron chi connectivity index (χ0n) is 15.2. The second-order valence-electron chi connectivity index (χ2n) is 5.63. The minimum absolute atomic E-state index is 0.241. The minimum atomic E-state index is -2.68. The van der Waals surface area contributed by atoms with Gasteiger partial charge in [-0.2, -0.15) is 5.48 Å². The molecule has 1 fully saturated rings. The molecule has 2 atom stereocenters. The molecule has 0 aromatic carbocycles. The molecular formula is C15H30N2O7Si. The number of hydrogen-bond donors (Lipinski definition) is 3. The molecule has 1 rings (SSSR count). The maximum Gasteiger partial charge on any atom is 0.500 e. The average molecular weight is 378 g/mol. The number of hydroxylamine groups is 1. The Bertz CT molecular complexity index is 408. The lowest BCUT2D eigenvalue weighted by atomic mass is 10.1. The summed E-state index contributed by atoms with van der Waals surface area (Å²) in [6.07, 6.45) is 0.908. The van der Waals surface area contributed by atoms with Crippen LogP contribution in [0.1, 0.15) is 33.6 Å². The van der Waals surface area contributed by atoms with Gasteiger partial charge in [-0.1, -0.05) is 0 Å². The summed E-state index contributed by atoms with van der Waals surface area (Å²) in [5.41, 5.74) is 2.64. The molecule has 0 aromatic rings. The van der Waals surface area contributed by atoms with Crippen molar-refractivity contribution in [3.05, 3.63) is 0 Å². The van der Waals surface area contributed by atoms with E-state index >= 15 is 0 Å². The van der Waals surface area contributed by atoms with Gasteiger partial charge in [0.1, 0.15) is 6.04 Å². The highest BCUT2D eigenvalue weighted by Crippen LogP contribution is 2.18. The third-order valence-electron chi connectivity index (χ3n) is 3.79. The fourth-order valence-corrected chi connectivity index (χ4v) is 5.30. The zero-order chi connectivity index (χ0) is 18.7. The number of hydrogen-bond acceptors (Lipinski definition) is 8. The van der Waals surface area contributed by atoms with E-state index in [2.05, 4.69) is 10.8 Å². The highest BCUT2D eigenvalue weighted by Gasteiger charge is 2.39. The van der Waals surface area contributed by atoms with Crippen LogP contribution >= 0.6 is 0 Å². The summed E-state index contributed by atoms with van der Waals surface area (Å²) in [6, 6.07) is -0.0631. The van der Waals surface area contributed by atoms with Gasteiger partial charge < -0.3 is 28.5 Å². The average Bonchev–Trinajstić information content (AvgIpc) is 3.05. The second-order valence-corrected chi connectivity index (χ2v) is 8.36. The van der Waals surface area contributed by atoms with E-state index in [1.54, 1.807) is 0 Å². The van der Waals surface area contributed by atoms with Crippen molar-refractivity contribution >= 4 is 20.7 Å². The predicted octanol–water partition coefficient (Wildman–Crippen LogP) is 0.535. The molecule has 0 bridgehead atoms. The summed E-state index contributed by atoms with van der Waals surface area (Å²) in [7, 11) is -2.68. The Morgan fingerprint density at radius 2 is 1.76 bits per heavy atom. The van der Waals surface area contributed by atoms with Gasteiger partial charge in [-0.15, -0.1) is 0 Å². The van der Waals surface area contributed by atoms with Crippen LogP contribution < -0.4 is 10.8 Å². The van der Waals surface area contributed by atoms with Gasteiger partial charge in [-0.3, -0.25) is 9.59 Å². The maximum atomic E-state index is 11.9. The summed E-state index contributed by atoms with van der Waals surface area (Å²) in [6.45, 7) is 8.03. The number of nitrogens with one attached hydrogen (secondary N) is 2. The Morgan fingerprint density at radius 1 is 1.16 bits per heavy atom. The summed E-state index contributed by atoms with van der Waals surface area (Å²) in [5, 5.41) is 11.7. The molecular weight excluding hydrogens is 348 g/mol. The lowest BCUT2D eigenvalue weighted by molar-refractivity contribution is -0.155. The maximum absolute atomic E-state index is 11.9. The first kappa shape index (κ1) is 22.0. The molecule has 0 aromatic heterocycles. The summed E-state index contributed by atoms with van der Waals surface area (Å²) in [4.78, 5) is 27.8. The summed E-state index contributed by atoms with van der Waals surface area (Å²) < 4.78 is 17.2. The van der Waals surface area contributed by atoms with Crippen molar-refractivity contribution in [3.63, 3.8) is 0 Å². The van der Waals surface area contributed by atoms with Crippen LogP contribution in [0.5, 0.6) is 0 Å². The minimum Gasteiger partial charge on any atom is -0.480 e. The molecule has 1 heterocycles. The number of carbonyl (C=O) groups is 2. The number of carbonyl (C=O) groups excluding carboxylic acids is 1. The van der Waals surface area contributed by atoms with Crippen LogP contribution in [0.4, 0.5) is 0 Å². The van der Waals surface area contributed by atoms with Crippen molar-refractivity contribution in [1.29, 1.82) is 0 Å². The van der Waals surface area contributed by atoms with Crippen LogP contribution in [0.3, 0.4) is 0 Å². The van der Waals surface area contributed by atoms with E-state index in [4.69, 9.17) is 23.2 Å². The Morgan fingerprint density at radius 3 is 2.24 bits per heavy atom. The van der Waals surface area contributed by atoms with Crippen molar-refractivity contribution < 1.29 is 32.8 Å². The Balaban J connectivity index is 2.29. The van der Waals surface area contributed by atoms with Gasteiger partial charge >= 0.3 is 20.7 Å². The number of carboxylic acids is 1. The first-order chi connectivity index (χ1) is 12.0. The predicted molar refractivity (Wildman–Crippen MR) is 91.7 cm³/mol. The van der Waals surface area contributed by atoms with Crippen LogP contribution in [0.25, 0.3) is 0 Å². The lowest BCUT2D eigenvalue weighted by Crippen LogP contribution is -2.46. The Hall–Kier alpha value is -1.04. The smallest absolute Gasteiger partial charge is 0.480 e. The van der Waals surface area contributed by atoms with Crippen LogP contribution in [0.15, 0.2) is 0 Å². The van der Waals surface area contributed by atoms with Crippen molar-refractivity contribution in [2.75, 3.05) is 32.9 Å². The summed E-state index contributed by atoms with van der Waals surface area (Å²) >= 11 is 0. The van der Waals surface area contributed by atoms with Gasteiger partial charge in [0.05, 0.1) is 5.92 Å². The first-order valence-electron chi connectivity index (χ1n) is 8.79. The molecule has 9 nitrogen and oxygen atoms in total. The third kappa shape index (κ3) is 7.38. The lowest BCUT2D eigenvalue weighted by Gasteiger charge is -2.28. The van der Waals surface area contributed by atoms with E-state index in [1.807, 2.05) is 20.8 Å². The highest BCUT2D eigenvalue weighted by molar-refractivity contribution is 6.60. The Labute approximate surface area is 149 Å². The second kappa shape index (κ2) is 11.5. The van der Waals surface area contributed by atoms with Gasteiger partial charge in [0, 0.05) is 39.0 Å². The number of aliphatic carboxylic acids is 1. The van der Waals surface area contributed by atoms with E-state index in [1.165, 1.54) is 0 Å². The molecule has 0 amide bonds. The van der Waals surface area contributed by atoms with Crippen LogP contribution in [-0.4, -0.2) is 64.8 Å². The molecule has 1 saturated heterocycles. The molecule has 0 unspecified atom stereocenters.